The van der Waals surface area contributed by atoms with E-state index in [0.29, 0.717) is 17.8 Å². The summed E-state index contributed by atoms with van der Waals surface area (Å²) in [7, 11) is 0. The van der Waals surface area contributed by atoms with Crippen molar-refractivity contribution in [1.82, 2.24) is 0 Å². The fraction of sp³-hybridized carbons (Fsp3) is 0.231. The van der Waals surface area contributed by atoms with Gasteiger partial charge in [-0.15, -0.1) is 0 Å². The number of carbonyl (C=O) groups is 2. The zero-order valence-electron chi connectivity index (χ0n) is 10.3. The molecular weight excluding hydrogens is 244 g/mol. The van der Waals surface area contributed by atoms with E-state index in [2.05, 4.69) is 10.6 Å². The van der Waals surface area contributed by atoms with Crippen LogP contribution >= 0.6 is 0 Å². The molecule has 1 aromatic carbocycles. The van der Waals surface area contributed by atoms with Crippen molar-refractivity contribution in [2.45, 2.75) is 12.5 Å². The number of hydrogen-bond donors (Lipinski definition) is 4. The molecule has 19 heavy (non-hydrogen) atoms. The Morgan fingerprint density at radius 2 is 1.84 bits per heavy atom. The first-order valence-electron chi connectivity index (χ1n) is 5.96. The van der Waals surface area contributed by atoms with E-state index in [0.717, 1.165) is 0 Å². The molecule has 0 saturated heterocycles. The molecule has 0 heterocycles. The molecule has 2 rings (SSSR count). The van der Waals surface area contributed by atoms with Crippen molar-refractivity contribution in [1.29, 1.82) is 0 Å². The minimum atomic E-state index is -0.645. The summed E-state index contributed by atoms with van der Waals surface area (Å²) < 4.78 is 0. The summed E-state index contributed by atoms with van der Waals surface area (Å²) in [5.74, 6) is -0.316. The maximum Gasteiger partial charge on any atom is 0.316 e. The smallest absolute Gasteiger partial charge is 0.316 e. The Hall–Kier alpha value is -2.34. The lowest BCUT2D eigenvalue weighted by atomic mass is 10.1. The summed E-state index contributed by atoms with van der Waals surface area (Å²) in [5.41, 5.74) is 11.9. The van der Waals surface area contributed by atoms with Crippen LogP contribution in [-0.2, 0) is 4.79 Å². The summed E-state index contributed by atoms with van der Waals surface area (Å²) in [6.07, 6.45) is 4.26. The number of primary amides is 1. The lowest BCUT2D eigenvalue weighted by Crippen LogP contribution is -2.24. The molecule has 0 aliphatic heterocycles. The molecule has 1 aliphatic rings. The normalized spacial score (nSPS) is 21.1. The third-order valence-corrected chi connectivity index (χ3v) is 2.85. The number of hydrogen-bond acceptors (Lipinski definition) is 3. The second-order valence-electron chi connectivity index (χ2n) is 4.45. The molecule has 0 radical (unpaired) electrons. The molecule has 0 fully saturated rings. The van der Waals surface area contributed by atoms with Crippen LogP contribution in [0.1, 0.15) is 6.42 Å². The number of anilines is 2. The van der Waals surface area contributed by atoms with Gasteiger partial charge in [0.1, 0.15) is 0 Å². The molecular formula is C13H16N4O2. The molecule has 6 nitrogen and oxygen atoms in total. The first-order chi connectivity index (χ1) is 9.04. The monoisotopic (exact) mass is 260 g/mol. The Kier molecular flexibility index (Phi) is 3.82. The zero-order valence-corrected chi connectivity index (χ0v) is 10.3. The molecule has 0 spiro atoms. The largest absolute Gasteiger partial charge is 0.351 e. The SMILES string of the molecule is NC(=O)Nc1cccc(NC(=O)C2C=CC(N)C2)c1. The lowest BCUT2D eigenvalue weighted by Gasteiger charge is -2.11. The van der Waals surface area contributed by atoms with Crippen LogP contribution in [0.2, 0.25) is 0 Å². The standard InChI is InChI=1S/C13H16N4O2/c14-9-5-4-8(6-9)12(18)16-10-2-1-3-11(7-10)17-13(15)19/h1-5,7-9H,6,14H2,(H,16,18)(H3,15,17,19). The van der Waals surface area contributed by atoms with Crippen LogP contribution in [-0.4, -0.2) is 18.0 Å². The van der Waals surface area contributed by atoms with Gasteiger partial charge in [-0.1, -0.05) is 18.2 Å². The average Bonchev–Trinajstić information content (AvgIpc) is 2.75. The van der Waals surface area contributed by atoms with Crippen LogP contribution in [0.4, 0.5) is 16.2 Å². The van der Waals surface area contributed by atoms with E-state index in [9.17, 15) is 9.59 Å². The fourth-order valence-corrected chi connectivity index (χ4v) is 1.97. The van der Waals surface area contributed by atoms with E-state index in [1.165, 1.54) is 0 Å². The van der Waals surface area contributed by atoms with Crippen molar-refractivity contribution < 1.29 is 9.59 Å². The Bertz CT molecular complexity index is 527. The fourth-order valence-electron chi connectivity index (χ4n) is 1.97. The van der Waals surface area contributed by atoms with Gasteiger partial charge >= 0.3 is 6.03 Å². The molecule has 3 amide bonds. The highest BCUT2D eigenvalue weighted by Crippen LogP contribution is 2.20. The second kappa shape index (κ2) is 5.53. The summed E-state index contributed by atoms with van der Waals surface area (Å²) in [4.78, 5) is 22.7. The highest BCUT2D eigenvalue weighted by atomic mass is 16.2. The van der Waals surface area contributed by atoms with Gasteiger partial charge in [-0.3, -0.25) is 4.79 Å². The number of amides is 3. The van der Waals surface area contributed by atoms with Crippen molar-refractivity contribution in [3.63, 3.8) is 0 Å². The van der Waals surface area contributed by atoms with Gasteiger partial charge < -0.3 is 22.1 Å². The third kappa shape index (κ3) is 3.56. The highest BCUT2D eigenvalue weighted by molar-refractivity contribution is 5.95. The molecule has 0 aromatic heterocycles. The maximum atomic E-state index is 12.0. The summed E-state index contributed by atoms with van der Waals surface area (Å²) in [6.45, 7) is 0. The molecule has 1 aliphatic carbocycles. The third-order valence-electron chi connectivity index (χ3n) is 2.85. The van der Waals surface area contributed by atoms with E-state index in [1.807, 2.05) is 12.2 Å². The molecule has 0 bridgehead atoms. The van der Waals surface area contributed by atoms with Gasteiger partial charge in [-0.2, -0.15) is 0 Å². The van der Waals surface area contributed by atoms with E-state index in [4.69, 9.17) is 11.5 Å². The Balaban J connectivity index is 2.01. The quantitative estimate of drug-likeness (QED) is 0.609. The van der Waals surface area contributed by atoms with Gasteiger partial charge in [0.2, 0.25) is 5.91 Å². The van der Waals surface area contributed by atoms with Crippen LogP contribution in [0.25, 0.3) is 0 Å². The number of nitrogens with two attached hydrogens (primary N) is 2. The molecule has 1 aromatic rings. The van der Waals surface area contributed by atoms with E-state index < -0.39 is 6.03 Å². The van der Waals surface area contributed by atoms with Crippen molar-refractivity contribution in [3.05, 3.63) is 36.4 Å². The zero-order chi connectivity index (χ0) is 13.8. The van der Waals surface area contributed by atoms with E-state index in [-0.39, 0.29) is 17.9 Å². The molecule has 0 saturated carbocycles. The molecule has 2 atom stereocenters. The second-order valence-corrected chi connectivity index (χ2v) is 4.45. The number of benzene rings is 1. The minimum Gasteiger partial charge on any atom is -0.351 e. The average molecular weight is 260 g/mol. The minimum absolute atomic E-state index is 0.0568. The van der Waals surface area contributed by atoms with E-state index in [1.54, 1.807) is 24.3 Å². The van der Waals surface area contributed by atoms with Crippen LogP contribution < -0.4 is 22.1 Å². The van der Waals surface area contributed by atoms with Gasteiger partial charge in [-0.25, -0.2) is 4.79 Å². The van der Waals surface area contributed by atoms with Crippen LogP contribution in [0.15, 0.2) is 36.4 Å². The summed E-state index contributed by atoms with van der Waals surface area (Å²) in [5, 5.41) is 5.23. The molecule has 6 N–H and O–H groups in total. The van der Waals surface area contributed by atoms with Crippen molar-refractivity contribution in [2.75, 3.05) is 10.6 Å². The highest BCUT2D eigenvalue weighted by Gasteiger charge is 2.22. The molecule has 2 unspecified atom stereocenters. The Morgan fingerprint density at radius 3 is 2.42 bits per heavy atom. The maximum absolute atomic E-state index is 12.0. The number of urea groups is 1. The summed E-state index contributed by atoms with van der Waals surface area (Å²) in [6, 6.07) is 6.08. The predicted octanol–water partition coefficient (Wildman–Crippen LogP) is 1.02. The van der Waals surface area contributed by atoms with Crippen molar-refractivity contribution in [3.8, 4) is 0 Å². The first kappa shape index (κ1) is 13.1. The lowest BCUT2D eigenvalue weighted by molar-refractivity contribution is -0.118. The van der Waals surface area contributed by atoms with Crippen molar-refractivity contribution in [2.24, 2.45) is 17.4 Å². The Labute approximate surface area is 110 Å². The van der Waals surface area contributed by atoms with Gasteiger partial charge in [0.15, 0.2) is 0 Å². The van der Waals surface area contributed by atoms with Crippen LogP contribution in [0.3, 0.4) is 0 Å². The van der Waals surface area contributed by atoms with E-state index >= 15 is 0 Å². The molecule has 6 heteroatoms. The number of nitrogens with one attached hydrogen (secondary N) is 2. The van der Waals surface area contributed by atoms with Gasteiger partial charge in [0.25, 0.3) is 0 Å². The Morgan fingerprint density at radius 1 is 1.16 bits per heavy atom. The first-order valence-corrected chi connectivity index (χ1v) is 5.96. The topological polar surface area (TPSA) is 110 Å². The molecule has 100 valence electrons. The van der Waals surface area contributed by atoms with Gasteiger partial charge in [0, 0.05) is 17.4 Å². The van der Waals surface area contributed by atoms with Crippen LogP contribution in [0.5, 0.6) is 0 Å². The number of rotatable bonds is 3. The van der Waals surface area contributed by atoms with Crippen LogP contribution in [0, 0.1) is 5.92 Å². The van der Waals surface area contributed by atoms with Gasteiger partial charge in [0.05, 0.1) is 5.92 Å². The van der Waals surface area contributed by atoms with Gasteiger partial charge in [-0.05, 0) is 24.6 Å². The van der Waals surface area contributed by atoms with Crippen molar-refractivity contribution >= 4 is 23.3 Å². The predicted molar refractivity (Wildman–Crippen MR) is 73.5 cm³/mol. The number of carbonyl (C=O) groups excluding carboxylic acids is 2. The summed E-state index contributed by atoms with van der Waals surface area (Å²) >= 11 is 0.